The van der Waals surface area contributed by atoms with E-state index in [1.807, 2.05) is 9.80 Å². The van der Waals surface area contributed by atoms with Crippen LogP contribution in [0.1, 0.15) is 23.3 Å². The number of hydrogen-bond acceptors (Lipinski definition) is 11. The van der Waals surface area contributed by atoms with Crippen LogP contribution in [-0.4, -0.2) is 101 Å². The van der Waals surface area contributed by atoms with Crippen LogP contribution in [0.3, 0.4) is 0 Å². The van der Waals surface area contributed by atoms with Crippen LogP contribution in [0.25, 0.3) is 5.95 Å². The third kappa shape index (κ3) is 5.91. The highest BCUT2D eigenvalue weighted by Gasteiger charge is 2.22. The molecular formula is C19H27N9O5. The van der Waals surface area contributed by atoms with Crippen LogP contribution in [0, 0.1) is 0 Å². The summed E-state index contributed by atoms with van der Waals surface area (Å²) in [6.07, 6.45) is 3.52. The zero-order valence-electron chi connectivity index (χ0n) is 18.1. The number of carbonyl (C=O) groups excluding carboxylic acids is 2. The van der Waals surface area contributed by atoms with Gasteiger partial charge in [0, 0.05) is 45.3 Å². The van der Waals surface area contributed by atoms with Gasteiger partial charge in [-0.1, -0.05) is 0 Å². The minimum atomic E-state index is -0.504. The molecule has 2 aromatic heterocycles. The molecule has 4 rings (SSSR count). The van der Waals surface area contributed by atoms with Crippen molar-refractivity contribution >= 4 is 23.7 Å². The summed E-state index contributed by atoms with van der Waals surface area (Å²) in [5.74, 6) is 0.571. The van der Waals surface area contributed by atoms with Crippen molar-refractivity contribution in [3.63, 3.8) is 0 Å². The van der Waals surface area contributed by atoms with Crippen molar-refractivity contribution in [3.8, 4) is 5.95 Å². The first-order valence-electron chi connectivity index (χ1n) is 10.8. The lowest BCUT2D eigenvalue weighted by Gasteiger charge is -2.30. The second kappa shape index (κ2) is 11.0. The van der Waals surface area contributed by atoms with Gasteiger partial charge in [-0.05, 0) is 6.42 Å². The van der Waals surface area contributed by atoms with Crippen LogP contribution < -0.4 is 20.6 Å². The molecule has 2 saturated heterocycles. The largest absolute Gasteiger partial charge is 0.378 e. The third-order valence-corrected chi connectivity index (χ3v) is 5.22. The number of amides is 2. The molecule has 0 radical (unpaired) electrons. The maximum absolute atomic E-state index is 12.4. The molecule has 2 aliphatic rings. The number of carbonyl (C=O) groups is 2. The minimum Gasteiger partial charge on any atom is -0.378 e. The van der Waals surface area contributed by atoms with Gasteiger partial charge in [0.1, 0.15) is 12.0 Å². The van der Waals surface area contributed by atoms with Gasteiger partial charge in [-0.2, -0.15) is 15.0 Å². The monoisotopic (exact) mass is 461 g/mol. The van der Waals surface area contributed by atoms with E-state index in [-0.39, 0.29) is 24.6 Å². The van der Waals surface area contributed by atoms with E-state index in [2.05, 4.69) is 25.3 Å². The predicted molar refractivity (Wildman–Crippen MR) is 115 cm³/mol. The first-order chi connectivity index (χ1) is 16.1. The molecule has 14 nitrogen and oxygen atoms in total. The summed E-state index contributed by atoms with van der Waals surface area (Å²) in [4.78, 5) is 45.6. The van der Waals surface area contributed by atoms with E-state index in [0.29, 0.717) is 76.9 Å². The number of rotatable bonds is 8. The number of hydrogen-bond donors (Lipinski definition) is 3. The molecule has 0 bridgehead atoms. The molecule has 4 heterocycles. The molecule has 14 heteroatoms. The summed E-state index contributed by atoms with van der Waals surface area (Å²) in [7, 11) is 0. The van der Waals surface area contributed by atoms with Crippen molar-refractivity contribution in [3.05, 3.63) is 18.2 Å². The molecule has 0 saturated carbocycles. The van der Waals surface area contributed by atoms with Crippen molar-refractivity contribution < 1.29 is 24.3 Å². The molecule has 0 atom stereocenters. The van der Waals surface area contributed by atoms with Gasteiger partial charge < -0.3 is 24.6 Å². The van der Waals surface area contributed by atoms with Gasteiger partial charge >= 0.3 is 0 Å². The van der Waals surface area contributed by atoms with Gasteiger partial charge in [-0.15, -0.1) is 0 Å². The Balaban J connectivity index is 1.50. The Bertz CT molecular complexity index is 921. The van der Waals surface area contributed by atoms with E-state index < -0.39 is 5.91 Å². The molecule has 0 unspecified atom stereocenters. The molecule has 3 N–H and O–H groups in total. The second-order valence-electron chi connectivity index (χ2n) is 7.49. The standard InChI is InChI=1S/C19H27N9O5/c29-15(25-31)2-1-3-20-16(30)14-12-28(13-21-14)19-23-17(26-4-8-32-9-5-26)22-18(24-19)27-6-10-33-11-7-27/h12-13,31H,1-11H2,(H,20,30)(H,25,29). The van der Waals surface area contributed by atoms with E-state index in [9.17, 15) is 9.59 Å². The molecule has 178 valence electrons. The Hall–Kier alpha value is -3.36. The number of anilines is 2. The van der Waals surface area contributed by atoms with E-state index in [1.54, 1.807) is 16.2 Å². The van der Waals surface area contributed by atoms with Crippen LogP contribution in [0.5, 0.6) is 0 Å². The highest BCUT2D eigenvalue weighted by Crippen LogP contribution is 2.18. The summed E-state index contributed by atoms with van der Waals surface area (Å²) in [6.45, 7) is 5.39. The topological polar surface area (TPSA) is 160 Å². The maximum atomic E-state index is 12.4. The average molecular weight is 461 g/mol. The van der Waals surface area contributed by atoms with Gasteiger partial charge in [0.15, 0.2) is 0 Å². The zero-order valence-corrected chi connectivity index (χ0v) is 18.1. The zero-order chi connectivity index (χ0) is 23.0. The molecule has 2 amide bonds. The number of nitrogens with zero attached hydrogens (tertiary/aromatic N) is 7. The Morgan fingerprint density at radius 3 is 2.09 bits per heavy atom. The molecule has 2 aliphatic heterocycles. The number of aromatic nitrogens is 5. The Labute approximate surface area is 189 Å². The smallest absolute Gasteiger partial charge is 0.271 e. The van der Waals surface area contributed by atoms with Gasteiger partial charge in [-0.25, -0.2) is 10.5 Å². The van der Waals surface area contributed by atoms with Crippen LogP contribution >= 0.6 is 0 Å². The lowest BCUT2D eigenvalue weighted by atomic mass is 10.3. The number of morpholine rings is 2. The van der Waals surface area contributed by atoms with Gasteiger partial charge in [0.2, 0.25) is 23.8 Å². The summed E-state index contributed by atoms with van der Waals surface area (Å²) in [5, 5.41) is 11.2. The lowest BCUT2D eigenvalue weighted by Crippen LogP contribution is -2.40. The van der Waals surface area contributed by atoms with Gasteiger partial charge in [0.05, 0.1) is 26.4 Å². The predicted octanol–water partition coefficient (Wildman–Crippen LogP) is -1.25. The molecule has 0 aromatic carbocycles. The van der Waals surface area contributed by atoms with Crippen molar-refractivity contribution in [1.29, 1.82) is 0 Å². The Kier molecular flexibility index (Phi) is 7.59. The quantitative estimate of drug-likeness (QED) is 0.245. The van der Waals surface area contributed by atoms with Crippen molar-refractivity contribution in [2.75, 3.05) is 69.0 Å². The molecular weight excluding hydrogens is 434 g/mol. The van der Waals surface area contributed by atoms with Crippen molar-refractivity contribution in [1.82, 2.24) is 35.3 Å². The van der Waals surface area contributed by atoms with Gasteiger partial charge in [0.25, 0.3) is 5.91 Å². The second-order valence-corrected chi connectivity index (χ2v) is 7.49. The molecule has 0 aliphatic carbocycles. The Morgan fingerprint density at radius 2 is 1.52 bits per heavy atom. The fraction of sp³-hybridized carbons (Fsp3) is 0.579. The SMILES string of the molecule is O=C(CCCNC(=O)c1cn(-c2nc(N3CCOCC3)nc(N3CCOCC3)n2)cn1)NO. The number of nitrogens with one attached hydrogen (secondary N) is 2. The van der Waals surface area contributed by atoms with E-state index >= 15 is 0 Å². The first-order valence-corrected chi connectivity index (χ1v) is 10.8. The molecule has 2 aromatic rings. The third-order valence-electron chi connectivity index (χ3n) is 5.22. The number of hydroxylamine groups is 1. The summed E-state index contributed by atoms with van der Waals surface area (Å²) in [5.41, 5.74) is 1.75. The van der Waals surface area contributed by atoms with Crippen molar-refractivity contribution in [2.45, 2.75) is 12.8 Å². The fourth-order valence-electron chi connectivity index (χ4n) is 3.42. The van der Waals surface area contributed by atoms with Crippen LogP contribution in [0.2, 0.25) is 0 Å². The van der Waals surface area contributed by atoms with Crippen LogP contribution in [0.4, 0.5) is 11.9 Å². The lowest BCUT2D eigenvalue weighted by molar-refractivity contribution is -0.129. The average Bonchev–Trinajstić information content (AvgIpc) is 3.38. The number of ether oxygens (including phenoxy) is 2. The van der Waals surface area contributed by atoms with Gasteiger partial charge in [-0.3, -0.25) is 19.4 Å². The summed E-state index contributed by atoms with van der Waals surface area (Å²) < 4.78 is 12.5. The number of imidazole rings is 1. The minimum absolute atomic E-state index is 0.102. The fourth-order valence-corrected chi connectivity index (χ4v) is 3.42. The Morgan fingerprint density at radius 1 is 0.939 bits per heavy atom. The van der Waals surface area contributed by atoms with E-state index in [4.69, 9.17) is 14.7 Å². The molecule has 0 spiro atoms. The van der Waals surface area contributed by atoms with E-state index in [0.717, 1.165) is 0 Å². The van der Waals surface area contributed by atoms with Crippen LogP contribution in [-0.2, 0) is 14.3 Å². The first kappa shape index (κ1) is 22.8. The highest BCUT2D eigenvalue weighted by molar-refractivity contribution is 5.92. The molecule has 33 heavy (non-hydrogen) atoms. The summed E-state index contributed by atoms with van der Waals surface area (Å²) in [6, 6.07) is 0. The summed E-state index contributed by atoms with van der Waals surface area (Å²) >= 11 is 0. The van der Waals surface area contributed by atoms with Crippen LogP contribution in [0.15, 0.2) is 12.5 Å². The van der Waals surface area contributed by atoms with E-state index in [1.165, 1.54) is 6.33 Å². The highest BCUT2D eigenvalue weighted by atomic mass is 16.5. The normalized spacial score (nSPS) is 16.5. The van der Waals surface area contributed by atoms with Crippen molar-refractivity contribution in [2.24, 2.45) is 0 Å². The maximum Gasteiger partial charge on any atom is 0.271 e. The molecule has 2 fully saturated rings.